The summed E-state index contributed by atoms with van der Waals surface area (Å²) in [5, 5.41) is 12.5. The molecule has 0 heterocycles. The monoisotopic (exact) mass is 892 g/mol. The van der Waals surface area contributed by atoms with Crippen molar-refractivity contribution in [1.29, 1.82) is 0 Å². The molecular weight excluding hydrogens is 852 g/mol. The van der Waals surface area contributed by atoms with E-state index >= 15 is 0 Å². The van der Waals surface area contributed by atoms with Gasteiger partial charge < -0.3 is 22.3 Å². The Hall–Kier alpha value is -6.45. The fourth-order valence-electron chi connectivity index (χ4n) is 7.13. The van der Waals surface area contributed by atoms with Crippen molar-refractivity contribution >= 4 is 66.7 Å². The molecule has 270 valence electrons. The number of benzene rings is 9. The first kappa shape index (κ1) is 37.8. The first-order chi connectivity index (χ1) is 27.0. The number of para-hydroxylation sites is 1. The number of nitrogens with zero attached hydrogens (tertiary/aromatic N) is 2. The maximum atomic E-state index is 6.49. The molecule has 0 aliphatic heterocycles. The van der Waals surface area contributed by atoms with E-state index in [0.29, 0.717) is 0 Å². The average molecular weight is 893 g/mol. The van der Waals surface area contributed by atoms with Gasteiger partial charge in [-0.2, -0.15) is 0 Å². The second kappa shape index (κ2) is 17.3. The second-order valence-corrected chi connectivity index (χ2v) is 13.6. The Morgan fingerprint density at radius 2 is 0.929 bits per heavy atom. The molecule has 0 fully saturated rings. The van der Waals surface area contributed by atoms with Gasteiger partial charge in [0.25, 0.3) is 0 Å². The van der Waals surface area contributed by atoms with Crippen molar-refractivity contribution in [3.8, 4) is 22.3 Å². The van der Waals surface area contributed by atoms with Gasteiger partial charge in [0.05, 0.1) is 0 Å². The molecule has 9 aromatic carbocycles. The van der Waals surface area contributed by atoms with Crippen LogP contribution in [0, 0.1) is 0 Å². The summed E-state index contributed by atoms with van der Waals surface area (Å²) in [5.74, 6) is 5.16. The number of allylic oxidation sites excluding steroid dienone is 1. The molecule has 5 heteroatoms. The van der Waals surface area contributed by atoms with Gasteiger partial charge in [0, 0.05) is 5.69 Å². The van der Waals surface area contributed by atoms with E-state index < -0.39 is 0 Å². The standard InChI is InChI=1S/C39H29N2.C12H11N2.W/c1-26(27-18-20-37-35-16-6-5-14-33(35)34-15-7-8-17-36(34)38(37)25-27)22-30-23-29(19-21-39(30)40)28-10-9-13-32(24-28)41-31-11-3-2-4-12-31;13-14-12-8-6-11(7-9-12)10-4-2-1-3-5-10;/h2-25H,40H2,1H3;1-9H,13H2;/q2*-1;+2/b26-22+;;. The third kappa shape index (κ3) is 8.28. The van der Waals surface area contributed by atoms with Crippen LogP contribution >= 0.6 is 0 Å². The zero-order valence-electron chi connectivity index (χ0n) is 31.0. The van der Waals surface area contributed by atoms with Crippen LogP contribution in [0.2, 0.25) is 0 Å². The molecule has 0 aliphatic carbocycles. The van der Waals surface area contributed by atoms with E-state index in [1.165, 1.54) is 54.6 Å². The molecule has 0 saturated heterocycles. The molecule has 9 rings (SSSR count). The van der Waals surface area contributed by atoms with Crippen molar-refractivity contribution < 1.29 is 21.1 Å². The van der Waals surface area contributed by atoms with Gasteiger partial charge in [0.15, 0.2) is 0 Å². The number of hydrogen-bond acceptors (Lipinski definition) is 2. The molecule has 0 aliphatic rings. The molecule has 0 aromatic heterocycles. The van der Waals surface area contributed by atoms with E-state index in [0.717, 1.165) is 39.4 Å². The SMILES string of the molecule is C/C(=C\c1cc(-c2cccc([N-]c3ccccc3)c2)ccc1N)c1ccc2c3ccccc3c3ccccc3c2c1.N[N-]c1ccc(-c2ccccc2)cc1.[W+2]. The fraction of sp³-hybridized carbons (Fsp3) is 0.0196. The first-order valence-electron chi connectivity index (χ1n) is 18.4. The van der Waals surface area contributed by atoms with Gasteiger partial charge in [-0.25, -0.2) is 0 Å². The molecular formula is C51H40N4W. The van der Waals surface area contributed by atoms with E-state index in [1.54, 1.807) is 0 Å². The van der Waals surface area contributed by atoms with Gasteiger partial charge >= 0.3 is 21.1 Å². The average Bonchev–Trinajstić information content (AvgIpc) is 3.25. The molecule has 0 bridgehead atoms. The maximum Gasteiger partial charge on any atom is 2.00 e. The van der Waals surface area contributed by atoms with E-state index in [1.807, 2.05) is 84.9 Å². The summed E-state index contributed by atoms with van der Waals surface area (Å²) < 4.78 is 0. The molecule has 0 atom stereocenters. The van der Waals surface area contributed by atoms with Crippen LogP contribution in [0.3, 0.4) is 0 Å². The number of nitrogens with two attached hydrogens (primary N) is 2. The van der Waals surface area contributed by atoms with E-state index in [2.05, 4.69) is 128 Å². The van der Waals surface area contributed by atoms with E-state index in [4.69, 9.17) is 16.9 Å². The Morgan fingerprint density at radius 1 is 0.429 bits per heavy atom. The molecule has 0 amide bonds. The minimum Gasteiger partial charge on any atom is -0.658 e. The Bertz CT molecular complexity index is 2740. The zero-order valence-corrected chi connectivity index (χ0v) is 33.9. The summed E-state index contributed by atoms with van der Waals surface area (Å²) in [6.45, 7) is 2.16. The summed E-state index contributed by atoms with van der Waals surface area (Å²) in [6.07, 6.45) is 2.20. The van der Waals surface area contributed by atoms with E-state index in [-0.39, 0.29) is 21.1 Å². The molecule has 0 saturated carbocycles. The summed E-state index contributed by atoms with van der Waals surface area (Å²) in [7, 11) is 0. The van der Waals surface area contributed by atoms with Crippen LogP contribution in [0.25, 0.3) is 77.0 Å². The summed E-state index contributed by atoms with van der Waals surface area (Å²) in [4.78, 5) is 0. The number of nitrogen functional groups attached to an aromatic ring is 1. The first-order valence-corrected chi connectivity index (χ1v) is 18.4. The molecule has 0 spiro atoms. The molecule has 4 N–H and O–H groups in total. The smallest absolute Gasteiger partial charge is 0.658 e. The largest absolute Gasteiger partial charge is 2.00 e. The van der Waals surface area contributed by atoms with Crippen LogP contribution in [0.5, 0.6) is 0 Å². The van der Waals surface area contributed by atoms with Gasteiger partial charge in [0.2, 0.25) is 0 Å². The van der Waals surface area contributed by atoms with Crippen LogP contribution in [0.4, 0.5) is 22.7 Å². The topological polar surface area (TPSA) is 80.2 Å². The van der Waals surface area contributed by atoms with Gasteiger partial charge in [-0.05, 0) is 102 Å². The molecule has 4 nitrogen and oxygen atoms in total. The maximum absolute atomic E-state index is 6.49. The van der Waals surface area contributed by atoms with Crippen molar-refractivity contribution in [3.63, 3.8) is 0 Å². The Kier molecular flexibility index (Phi) is 11.7. The predicted molar refractivity (Wildman–Crippen MR) is 237 cm³/mol. The van der Waals surface area contributed by atoms with Gasteiger partial charge in [-0.1, -0.05) is 176 Å². The Balaban J connectivity index is 0.000000271. The minimum atomic E-state index is 0. The van der Waals surface area contributed by atoms with Crippen molar-refractivity contribution in [2.24, 2.45) is 5.84 Å². The van der Waals surface area contributed by atoms with Crippen molar-refractivity contribution in [2.45, 2.75) is 6.92 Å². The molecule has 0 radical (unpaired) electrons. The fourth-order valence-corrected chi connectivity index (χ4v) is 7.13. The van der Waals surface area contributed by atoms with Gasteiger partial charge in [-0.15, -0.1) is 17.1 Å². The number of hydrogen-bond donors (Lipinski definition) is 2. The van der Waals surface area contributed by atoms with Crippen LogP contribution in [0.1, 0.15) is 18.1 Å². The normalized spacial score (nSPS) is 11.1. The van der Waals surface area contributed by atoms with E-state index in [9.17, 15) is 0 Å². The third-order valence-corrected chi connectivity index (χ3v) is 9.98. The predicted octanol–water partition coefficient (Wildman–Crippen LogP) is 14.5. The Morgan fingerprint density at radius 3 is 1.57 bits per heavy atom. The number of fused-ring (bicyclic) bond motifs is 6. The van der Waals surface area contributed by atoms with Crippen LogP contribution in [-0.4, -0.2) is 0 Å². The van der Waals surface area contributed by atoms with Gasteiger partial charge in [-0.3, -0.25) is 0 Å². The van der Waals surface area contributed by atoms with Crippen LogP contribution < -0.4 is 11.6 Å². The van der Waals surface area contributed by atoms with Crippen molar-refractivity contribution in [2.75, 3.05) is 5.73 Å². The summed E-state index contributed by atoms with van der Waals surface area (Å²) in [5.41, 5.74) is 21.5. The van der Waals surface area contributed by atoms with Crippen molar-refractivity contribution in [1.82, 2.24) is 0 Å². The molecule has 56 heavy (non-hydrogen) atoms. The van der Waals surface area contributed by atoms with Crippen molar-refractivity contribution in [3.05, 3.63) is 216 Å². The number of anilines is 1. The molecule has 0 unspecified atom stereocenters. The molecule has 9 aromatic rings. The third-order valence-electron chi connectivity index (χ3n) is 9.98. The number of rotatable bonds is 7. The summed E-state index contributed by atoms with van der Waals surface area (Å²) in [6, 6.07) is 66.9. The quantitative estimate of drug-likeness (QED) is 0.0549. The van der Waals surface area contributed by atoms with Gasteiger partial charge in [0.1, 0.15) is 0 Å². The van der Waals surface area contributed by atoms with Crippen LogP contribution in [0.15, 0.2) is 194 Å². The minimum absolute atomic E-state index is 0. The Labute approximate surface area is 342 Å². The summed E-state index contributed by atoms with van der Waals surface area (Å²) >= 11 is 0. The zero-order chi connectivity index (χ0) is 37.6. The van der Waals surface area contributed by atoms with Crippen LogP contribution in [-0.2, 0) is 21.1 Å². The second-order valence-electron chi connectivity index (χ2n) is 13.6.